The second-order valence-electron chi connectivity index (χ2n) is 6.70. The Morgan fingerprint density at radius 3 is 2.90 bits per heavy atom. The summed E-state index contributed by atoms with van der Waals surface area (Å²) in [6, 6.07) is 0. The first-order chi connectivity index (χ1) is 9.91. The minimum atomic E-state index is -0.353. The smallest absolute Gasteiger partial charge is 0.342 e. The number of likely N-dealkylation sites (tertiary alicyclic amines) is 1. The molecular formula is C14H23N5O2. The number of imidazole rings is 1. The van der Waals surface area contributed by atoms with Crippen LogP contribution in [0.15, 0.2) is 6.20 Å². The van der Waals surface area contributed by atoms with Gasteiger partial charge in [0.2, 0.25) is 0 Å². The highest BCUT2D eigenvalue weighted by Gasteiger charge is 2.49. The van der Waals surface area contributed by atoms with Crippen molar-refractivity contribution in [1.82, 2.24) is 19.8 Å². The summed E-state index contributed by atoms with van der Waals surface area (Å²) in [5.41, 5.74) is 0.150. The average Bonchev–Trinajstić information content (AvgIpc) is 3.05. The van der Waals surface area contributed by atoms with Gasteiger partial charge in [-0.1, -0.05) is 0 Å². The largest absolute Gasteiger partial charge is 0.358 e. The molecule has 1 aromatic rings. The summed E-state index contributed by atoms with van der Waals surface area (Å²) in [4.78, 5) is 17.2. The highest BCUT2D eigenvalue weighted by molar-refractivity contribution is 5.18. The maximum Gasteiger partial charge on any atom is 0.342 e. The van der Waals surface area contributed by atoms with E-state index in [9.17, 15) is 10.1 Å². The molecule has 0 aromatic carbocycles. The highest BCUT2D eigenvalue weighted by Crippen LogP contribution is 2.40. The summed E-state index contributed by atoms with van der Waals surface area (Å²) in [5, 5.41) is 14.5. The van der Waals surface area contributed by atoms with Crippen LogP contribution in [-0.4, -0.2) is 51.1 Å². The van der Waals surface area contributed by atoms with Crippen LogP contribution in [0.2, 0.25) is 0 Å². The van der Waals surface area contributed by atoms with Crippen molar-refractivity contribution in [2.75, 3.05) is 26.2 Å². The predicted octanol–water partition coefficient (Wildman–Crippen LogP) is 1.03. The lowest BCUT2D eigenvalue weighted by Crippen LogP contribution is -2.45. The van der Waals surface area contributed by atoms with Crippen molar-refractivity contribution >= 4 is 5.82 Å². The first-order valence-corrected chi connectivity index (χ1v) is 7.53. The quantitative estimate of drug-likeness (QED) is 0.663. The maximum absolute atomic E-state index is 11.0. The van der Waals surface area contributed by atoms with E-state index in [1.165, 1.54) is 6.20 Å². The Kier molecular flexibility index (Phi) is 3.49. The van der Waals surface area contributed by atoms with E-state index >= 15 is 0 Å². The van der Waals surface area contributed by atoms with Crippen molar-refractivity contribution in [3.8, 4) is 0 Å². The molecule has 0 bridgehead atoms. The first-order valence-electron chi connectivity index (χ1n) is 7.53. The molecule has 2 aliphatic rings. The van der Waals surface area contributed by atoms with Crippen LogP contribution in [0.5, 0.6) is 0 Å². The third kappa shape index (κ3) is 2.34. The van der Waals surface area contributed by atoms with Crippen molar-refractivity contribution in [1.29, 1.82) is 0 Å². The van der Waals surface area contributed by atoms with Crippen molar-refractivity contribution < 1.29 is 4.92 Å². The molecule has 2 unspecified atom stereocenters. The van der Waals surface area contributed by atoms with Gasteiger partial charge in [-0.2, -0.15) is 0 Å². The fourth-order valence-corrected chi connectivity index (χ4v) is 3.98. The molecular weight excluding hydrogens is 270 g/mol. The number of hydrogen-bond acceptors (Lipinski definition) is 5. The summed E-state index contributed by atoms with van der Waals surface area (Å²) in [6.45, 7) is 11.1. The van der Waals surface area contributed by atoms with Gasteiger partial charge >= 0.3 is 5.82 Å². The van der Waals surface area contributed by atoms with Crippen molar-refractivity contribution in [3.05, 3.63) is 22.1 Å². The lowest BCUT2D eigenvalue weighted by Gasteiger charge is -2.35. The summed E-state index contributed by atoms with van der Waals surface area (Å²) < 4.78 is 1.71. The normalized spacial score (nSPS) is 28.0. The molecule has 0 saturated carbocycles. The lowest BCUT2D eigenvalue weighted by atomic mass is 9.85. The number of hydrogen-bond donors (Lipinski definition) is 1. The number of nitrogens with one attached hydrogen (secondary N) is 1. The van der Waals surface area contributed by atoms with Gasteiger partial charge in [0, 0.05) is 32.1 Å². The van der Waals surface area contributed by atoms with E-state index in [1.807, 2.05) is 6.92 Å². The van der Waals surface area contributed by atoms with Crippen LogP contribution in [0.3, 0.4) is 0 Å². The first kappa shape index (κ1) is 14.5. The molecule has 2 saturated heterocycles. The zero-order valence-corrected chi connectivity index (χ0v) is 12.9. The Balaban J connectivity index is 1.71. The minimum Gasteiger partial charge on any atom is -0.358 e. The second-order valence-corrected chi connectivity index (χ2v) is 6.70. The summed E-state index contributed by atoms with van der Waals surface area (Å²) in [5.74, 6) is 2.18. The zero-order valence-electron chi connectivity index (χ0n) is 12.9. The monoisotopic (exact) mass is 293 g/mol. The molecule has 2 atom stereocenters. The van der Waals surface area contributed by atoms with Gasteiger partial charge < -0.3 is 15.4 Å². The molecule has 21 heavy (non-hydrogen) atoms. The second kappa shape index (κ2) is 5.06. The van der Waals surface area contributed by atoms with Crippen LogP contribution >= 0.6 is 0 Å². The molecule has 0 spiro atoms. The third-order valence-corrected chi connectivity index (χ3v) is 5.33. The van der Waals surface area contributed by atoms with E-state index in [0.29, 0.717) is 24.2 Å². The molecule has 116 valence electrons. The number of aromatic nitrogens is 2. The van der Waals surface area contributed by atoms with Crippen LogP contribution < -0.4 is 5.32 Å². The zero-order chi connectivity index (χ0) is 15.2. The van der Waals surface area contributed by atoms with E-state index in [2.05, 4.69) is 29.0 Å². The van der Waals surface area contributed by atoms with Crippen molar-refractivity contribution in [2.24, 2.45) is 11.8 Å². The molecule has 0 amide bonds. The lowest BCUT2D eigenvalue weighted by molar-refractivity contribution is -0.392. The molecule has 7 nitrogen and oxygen atoms in total. The minimum absolute atomic E-state index is 0.0892. The average molecular weight is 293 g/mol. The number of nitro groups is 1. The van der Waals surface area contributed by atoms with Gasteiger partial charge in [0.1, 0.15) is 12.7 Å². The van der Waals surface area contributed by atoms with Gasteiger partial charge in [0.25, 0.3) is 0 Å². The summed E-state index contributed by atoms with van der Waals surface area (Å²) >= 11 is 0. The predicted molar refractivity (Wildman–Crippen MR) is 79.1 cm³/mol. The molecule has 3 heterocycles. The number of rotatable bonds is 4. The molecule has 2 fully saturated rings. The van der Waals surface area contributed by atoms with E-state index in [4.69, 9.17) is 0 Å². The van der Waals surface area contributed by atoms with Crippen LogP contribution in [0.1, 0.15) is 19.7 Å². The Hall–Kier alpha value is -1.47. The van der Waals surface area contributed by atoms with Crippen molar-refractivity contribution in [2.45, 2.75) is 32.9 Å². The Labute approximate surface area is 124 Å². The SMILES string of the molecule is Cc1ncc([N+](=O)[O-])n1CCN1CC2CNCC2C1(C)C. The van der Waals surface area contributed by atoms with Gasteiger partial charge in [-0.25, -0.2) is 9.55 Å². The number of fused-ring (bicyclic) bond motifs is 1. The van der Waals surface area contributed by atoms with Crippen LogP contribution in [0, 0.1) is 28.9 Å². The third-order valence-electron chi connectivity index (χ3n) is 5.33. The topological polar surface area (TPSA) is 76.2 Å². The Morgan fingerprint density at radius 2 is 2.24 bits per heavy atom. The van der Waals surface area contributed by atoms with Crippen LogP contribution in [0.4, 0.5) is 5.82 Å². The fraction of sp³-hybridized carbons (Fsp3) is 0.786. The maximum atomic E-state index is 11.0. The molecule has 2 aliphatic heterocycles. The Bertz CT molecular complexity index is 554. The summed E-state index contributed by atoms with van der Waals surface area (Å²) in [7, 11) is 0. The van der Waals surface area contributed by atoms with E-state index in [1.54, 1.807) is 4.57 Å². The number of aryl methyl sites for hydroxylation is 1. The molecule has 1 N–H and O–H groups in total. The van der Waals surface area contributed by atoms with Crippen molar-refractivity contribution in [3.63, 3.8) is 0 Å². The van der Waals surface area contributed by atoms with Gasteiger partial charge in [0.05, 0.1) is 0 Å². The van der Waals surface area contributed by atoms with Crippen LogP contribution in [0.25, 0.3) is 0 Å². The number of nitrogens with zero attached hydrogens (tertiary/aromatic N) is 4. The Morgan fingerprint density at radius 1 is 1.48 bits per heavy atom. The summed E-state index contributed by atoms with van der Waals surface area (Å²) in [6.07, 6.45) is 1.35. The van der Waals surface area contributed by atoms with E-state index in [0.717, 1.165) is 26.2 Å². The van der Waals surface area contributed by atoms with Gasteiger partial charge in [-0.15, -0.1) is 0 Å². The highest BCUT2D eigenvalue weighted by atomic mass is 16.6. The fourth-order valence-electron chi connectivity index (χ4n) is 3.98. The molecule has 1 aromatic heterocycles. The van der Waals surface area contributed by atoms with Crippen LogP contribution in [-0.2, 0) is 6.54 Å². The molecule has 0 radical (unpaired) electrons. The molecule has 3 rings (SSSR count). The standard InChI is InChI=1S/C14H23N5O2/c1-10-16-8-13(19(20)21)18(10)5-4-17-9-11-6-15-7-12(11)14(17,2)3/h8,11-12,15H,4-7,9H2,1-3H3. The van der Waals surface area contributed by atoms with Gasteiger partial charge in [-0.05, 0) is 37.2 Å². The van der Waals surface area contributed by atoms with E-state index in [-0.39, 0.29) is 16.3 Å². The molecule has 7 heteroatoms. The van der Waals surface area contributed by atoms with Gasteiger partial charge in [0.15, 0.2) is 5.82 Å². The molecule has 0 aliphatic carbocycles. The van der Waals surface area contributed by atoms with E-state index < -0.39 is 0 Å². The van der Waals surface area contributed by atoms with Gasteiger partial charge in [-0.3, -0.25) is 4.90 Å².